The first-order valence-electron chi connectivity index (χ1n) is 6.35. The smallest absolute Gasteiger partial charge is 0.410 e. The van der Waals surface area contributed by atoms with Crippen molar-refractivity contribution in [1.29, 1.82) is 0 Å². The fraction of sp³-hybridized carbons (Fsp3) is 0.833. The highest BCUT2D eigenvalue weighted by Gasteiger charge is 2.46. The van der Waals surface area contributed by atoms with Gasteiger partial charge in [-0.15, -0.1) is 0 Å². The van der Waals surface area contributed by atoms with Crippen LogP contribution in [0.25, 0.3) is 10.4 Å². The number of Topliss-reactive ketones (excluding diaryl/α,β-unsaturated/α-hetero) is 1. The summed E-state index contributed by atoms with van der Waals surface area (Å²) in [5, 5.41) is 13.7. The highest BCUT2D eigenvalue weighted by atomic mass is 16.6. The average Bonchev–Trinajstić information content (AvgIpc) is 2.29. The van der Waals surface area contributed by atoms with E-state index < -0.39 is 29.1 Å². The summed E-state index contributed by atoms with van der Waals surface area (Å²) >= 11 is 0. The zero-order valence-electron chi connectivity index (χ0n) is 12.2. The minimum atomic E-state index is -1.72. The second-order valence-corrected chi connectivity index (χ2v) is 5.88. The van der Waals surface area contributed by atoms with Gasteiger partial charge in [-0.3, -0.25) is 4.79 Å². The van der Waals surface area contributed by atoms with Gasteiger partial charge in [-0.05, 0) is 33.2 Å². The standard InChI is InChI=1S/C12H20N4O4/c1-8(17)12(19)5-6-16(7-9(12)14-15-13)10(18)20-11(2,3)4/h9,19H,5-7H2,1-4H3. The molecule has 0 aromatic heterocycles. The predicted octanol–water partition coefficient (Wildman–Crippen LogP) is 1.63. The van der Waals surface area contributed by atoms with Crippen molar-refractivity contribution in [1.82, 2.24) is 4.90 Å². The molecule has 2 atom stereocenters. The van der Waals surface area contributed by atoms with Gasteiger partial charge in [-0.25, -0.2) is 4.79 Å². The van der Waals surface area contributed by atoms with E-state index in [0.29, 0.717) is 0 Å². The summed E-state index contributed by atoms with van der Waals surface area (Å²) in [5.74, 6) is -0.473. The van der Waals surface area contributed by atoms with Gasteiger partial charge in [0.15, 0.2) is 5.78 Å². The van der Waals surface area contributed by atoms with Crippen LogP contribution in [-0.4, -0.2) is 52.2 Å². The van der Waals surface area contributed by atoms with E-state index in [1.165, 1.54) is 11.8 Å². The predicted molar refractivity (Wildman–Crippen MR) is 71.0 cm³/mol. The van der Waals surface area contributed by atoms with Gasteiger partial charge in [0.2, 0.25) is 0 Å². The summed E-state index contributed by atoms with van der Waals surface area (Å²) in [7, 11) is 0. The number of carbonyl (C=O) groups is 2. The van der Waals surface area contributed by atoms with Crippen molar-refractivity contribution in [3.8, 4) is 0 Å². The van der Waals surface area contributed by atoms with Crippen molar-refractivity contribution in [3.63, 3.8) is 0 Å². The van der Waals surface area contributed by atoms with Gasteiger partial charge in [-0.1, -0.05) is 5.11 Å². The van der Waals surface area contributed by atoms with E-state index in [-0.39, 0.29) is 19.5 Å². The Balaban J connectivity index is 2.87. The lowest BCUT2D eigenvalue weighted by Crippen LogP contribution is -2.59. The van der Waals surface area contributed by atoms with E-state index in [4.69, 9.17) is 10.3 Å². The molecule has 1 saturated heterocycles. The molecule has 0 aromatic carbocycles. The molecule has 1 aliphatic rings. The molecule has 0 bridgehead atoms. The van der Waals surface area contributed by atoms with E-state index in [0.717, 1.165) is 0 Å². The number of azide groups is 1. The number of piperidine rings is 1. The molecule has 112 valence electrons. The SMILES string of the molecule is CC(=O)C1(O)CCN(C(=O)OC(C)(C)C)CC1N=[N+]=[N-]. The Bertz CT molecular complexity index is 453. The van der Waals surface area contributed by atoms with Gasteiger partial charge >= 0.3 is 6.09 Å². The number of rotatable bonds is 2. The Morgan fingerprint density at radius 3 is 2.55 bits per heavy atom. The number of likely N-dealkylation sites (tertiary alicyclic amines) is 1. The van der Waals surface area contributed by atoms with Crippen LogP contribution in [-0.2, 0) is 9.53 Å². The molecule has 0 radical (unpaired) electrons. The van der Waals surface area contributed by atoms with Crippen LogP contribution in [0, 0.1) is 0 Å². The molecule has 1 rings (SSSR count). The molecule has 2 unspecified atom stereocenters. The van der Waals surface area contributed by atoms with Crippen LogP contribution < -0.4 is 0 Å². The minimum Gasteiger partial charge on any atom is -0.444 e. The zero-order valence-corrected chi connectivity index (χ0v) is 12.2. The molecular formula is C12H20N4O4. The fourth-order valence-electron chi connectivity index (χ4n) is 2.02. The molecule has 1 amide bonds. The second-order valence-electron chi connectivity index (χ2n) is 5.88. The second kappa shape index (κ2) is 5.68. The number of hydrogen-bond acceptors (Lipinski definition) is 5. The third kappa shape index (κ3) is 3.61. The topological polar surface area (TPSA) is 116 Å². The van der Waals surface area contributed by atoms with Crippen molar-refractivity contribution >= 4 is 11.9 Å². The maximum Gasteiger partial charge on any atom is 0.410 e. The maximum absolute atomic E-state index is 11.9. The summed E-state index contributed by atoms with van der Waals surface area (Å²) < 4.78 is 5.22. The van der Waals surface area contributed by atoms with Crippen molar-refractivity contribution in [2.24, 2.45) is 5.11 Å². The maximum atomic E-state index is 11.9. The van der Waals surface area contributed by atoms with Crippen molar-refractivity contribution in [3.05, 3.63) is 10.4 Å². The molecule has 0 aliphatic carbocycles. The quantitative estimate of drug-likeness (QED) is 0.471. The van der Waals surface area contributed by atoms with Gasteiger partial charge in [0.25, 0.3) is 0 Å². The lowest BCUT2D eigenvalue weighted by Gasteiger charge is -2.41. The molecule has 20 heavy (non-hydrogen) atoms. The highest BCUT2D eigenvalue weighted by molar-refractivity contribution is 5.86. The van der Waals surface area contributed by atoms with Crippen LogP contribution in [0.2, 0.25) is 0 Å². The normalized spacial score (nSPS) is 26.6. The Morgan fingerprint density at radius 2 is 2.10 bits per heavy atom. The number of aliphatic hydroxyl groups is 1. The van der Waals surface area contributed by atoms with Crippen LogP contribution in [0.5, 0.6) is 0 Å². The number of hydrogen-bond donors (Lipinski definition) is 1. The number of amides is 1. The molecule has 1 fully saturated rings. The first-order chi connectivity index (χ1) is 9.10. The first-order valence-corrected chi connectivity index (χ1v) is 6.35. The average molecular weight is 284 g/mol. The summed E-state index contributed by atoms with van der Waals surface area (Å²) in [6.45, 7) is 6.59. The van der Waals surface area contributed by atoms with Crippen molar-refractivity contribution < 1.29 is 19.4 Å². The van der Waals surface area contributed by atoms with Crippen molar-refractivity contribution in [2.45, 2.75) is 51.4 Å². The van der Waals surface area contributed by atoms with E-state index in [9.17, 15) is 14.7 Å². The number of carbonyl (C=O) groups excluding carboxylic acids is 2. The minimum absolute atomic E-state index is 0.0191. The van der Waals surface area contributed by atoms with Gasteiger partial charge < -0.3 is 14.7 Å². The number of nitrogens with zero attached hydrogens (tertiary/aromatic N) is 4. The van der Waals surface area contributed by atoms with E-state index in [1.807, 2.05) is 0 Å². The summed E-state index contributed by atoms with van der Waals surface area (Å²) in [4.78, 5) is 27.5. The molecule has 1 aliphatic heterocycles. The van der Waals surface area contributed by atoms with Crippen LogP contribution in [0.3, 0.4) is 0 Å². The third-order valence-corrected chi connectivity index (χ3v) is 3.16. The van der Waals surface area contributed by atoms with Crippen LogP contribution in [0.15, 0.2) is 5.11 Å². The molecule has 0 aromatic rings. The molecule has 8 nitrogen and oxygen atoms in total. The van der Waals surface area contributed by atoms with E-state index in [2.05, 4.69) is 10.0 Å². The Kier molecular flexibility index (Phi) is 4.62. The third-order valence-electron chi connectivity index (χ3n) is 3.16. The molecular weight excluding hydrogens is 264 g/mol. The molecule has 1 N–H and O–H groups in total. The highest BCUT2D eigenvalue weighted by Crippen LogP contribution is 2.27. The monoisotopic (exact) mass is 284 g/mol. The molecule has 1 heterocycles. The first kappa shape index (κ1) is 16.3. The van der Waals surface area contributed by atoms with Crippen LogP contribution in [0.1, 0.15) is 34.1 Å². The lowest BCUT2D eigenvalue weighted by molar-refractivity contribution is -0.142. The van der Waals surface area contributed by atoms with Gasteiger partial charge in [0.05, 0.1) is 6.04 Å². The van der Waals surface area contributed by atoms with Crippen LogP contribution in [0.4, 0.5) is 4.79 Å². The van der Waals surface area contributed by atoms with E-state index in [1.54, 1.807) is 20.8 Å². The van der Waals surface area contributed by atoms with E-state index >= 15 is 0 Å². The van der Waals surface area contributed by atoms with Crippen LogP contribution >= 0.6 is 0 Å². The Hall–Kier alpha value is -1.79. The number of ether oxygens (including phenoxy) is 1. The summed E-state index contributed by atoms with van der Waals surface area (Å²) in [6.07, 6.45) is -0.535. The van der Waals surface area contributed by atoms with Gasteiger partial charge in [0, 0.05) is 24.4 Å². The Morgan fingerprint density at radius 1 is 1.50 bits per heavy atom. The summed E-state index contributed by atoms with van der Waals surface area (Å²) in [6, 6.07) is -1.01. The largest absolute Gasteiger partial charge is 0.444 e. The van der Waals surface area contributed by atoms with Crippen molar-refractivity contribution in [2.75, 3.05) is 13.1 Å². The number of ketones is 1. The molecule has 0 saturated carbocycles. The van der Waals surface area contributed by atoms with Gasteiger partial charge in [-0.2, -0.15) is 0 Å². The lowest BCUT2D eigenvalue weighted by atomic mass is 9.84. The Labute approximate surface area is 117 Å². The summed E-state index contributed by atoms with van der Waals surface area (Å²) in [5.41, 5.74) is 6.19. The van der Waals surface area contributed by atoms with Gasteiger partial charge in [0.1, 0.15) is 11.2 Å². The molecule has 0 spiro atoms. The zero-order chi connectivity index (χ0) is 15.6. The fourth-order valence-corrected chi connectivity index (χ4v) is 2.02. The molecule has 8 heteroatoms.